The van der Waals surface area contributed by atoms with Crippen molar-refractivity contribution < 1.29 is 18.3 Å². The van der Waals surface area contributed by atoms with Crippen LogP contribution in [0.4, 0.5) is 0 Å². The first kappa shape index (κ1) is 13.8. The van der Waals surface area contributed by atoms with Gasteiger partial charge < -0.3 is 5.11 Å². The summed E-state index contributed by atoms with van der Waals surface area (Å²) in [4.78, 5) is 11.4. The zero-order valence-electron chi connectivity index (χ0n) is 10.8. The van der Waals surface area contributed by atoms with Crippen molar-refractivity contribution in [2.75, 3.05) is 13.1 Å². The molecule has 2 rings (SSSR count). The van der Waals surface area contributed by atoms with E-state index >= 15 is 0 Å². The lowest BCUT2D eigenvalue weighted by molar-refractivity contribution is -0.152. The van der Waals surface area contributed by atoms with Crippen LogP contribution < -0.4 is 0 Å². The average Bonchev–Trinajstić information content (AvgIpc) is 3.14. The lowest BCUT2D eigenvalue weighted by atomic mass is 9.75. The Hall–Kier alpha value is -0.620. The molecule has 1 aliphatic heterocycles. The van der Waals surface area contributed by atoms with Crippen molar-refractivity contribution in [2.45, 2.75) is 50.7 Å². The Kier molecular flexibility index (Phi) is 3.69. The Morgan fingerprint density at radius 3 is 2.28 bits per heavy atom. The molecule has 18 heavy (non-hydrogen) atoms. The highest BCUT2D eigenvalue weighted by Gasteiger charge is 2.46. The van der Waals surface area contributed by atoms with E-state index in [0.717, 1.165) is 19.3 Å². The summed E-state index contributed by atoms with van der Waals surface area (Å²) in [6.07, 6.45) is 3.88. The van der Waals surface area contributed by atoms with Crippen LogP contribution in [0.15, 0.2) is 0 Å². The molecule has 0 amide bonds. The summed E-state index contributed by atoms with van der Waals surface area (Å²) < 4.78 is 25.6. The molecular weight excluding hydrogens is 254 g/mol. The third kappa shape index (κ3) is 2.40. The Bertz CT molecular complexity index is 419. The third-order valence-electron chi connectivity index (χ3n) is 4.17. The fraction of sp³-hybridized carbons (Fsp3) is 0.917. The normalized spacial score (nSPS) is 24.9. The summed E-state index contributed by atoms with van der Waals surface area (Å²) in [6.45, 7) is 2.70. The molecule has 0 aromatic carbocycles. The van der Waals surface area contributed by atoms with Gasteiger partial charge in [-0.05, 0) is 32.1 Å². The van der Waals surface area contributed by atoms with Crippen LogP contribution in [0.5, 0.6) is 0 Å². The van der Waals surface area contributed by atoms with Crippen LogP contribution in [0.2, 0.25) is 0 Å². The number of rotatable bonds is 5. The number of hydrogen-bond donors (Lipinski definition) is 1. The molecule has 1 saturated carbocycles. The van der Waals surface area contributed by atoms with Gasteiger partial charge >= 0.3 is 5.97 Å². The van der Waals surface area contributed by atoms with Crippen LogP contribution >= 0.6 is 0 Å². The van der Waals surface area contributed by atoms with Crippen molar-refractivity contribution in [3.05, 3.63) is 0 Å². The zero-order valence-corrected chi connectivity index (χ0v) is 11.6. The standard InChI is InChI=1S/C12H21NO4S/c1-2-5-12(11(14)15)6-8-13(9-7-12)18(16,17)10-3-4-10/h10H,2-9H2,1H3,(H,14,15). The van der Waals surface area contributed by atoms with E-state index in [0.29, 0.717) is 32.4 Å². The van der Waals surface area contributed by atoms with Gasteiger partial charge in [0, 0.05) is 13.1 Å². The van der Waals surface area contributed by atoms with E-state index < -0.39 is 21.4 Å². The van der Waals surface area contributed by atoms with Crippen molar-refractivity contribution in [3.8, 4) is 0 Å². The fourth-order valence-electron chi connectivity index (χ4n) is 2.79. The second-order valence-corrected chi connectivity index (χ2v) is 7.69. The second kappa shape index (κ2) is 4.81. The number of nitrogens with zero attached hydrogens (tertiary/aromatic N) is 1. The maximum atomic E-state index is 12.1. The van der Waals surface area contributed by atoms with E-state index in [2.05, 4.69) is 0 Å². The number of piperidine rings is 1. The van der Waals surface area contributed by atoms with E-state index in [1.165, 1.54) is 4.31 Å². The second-order valence-electron chi connectivity index (χ2n) is 5.48. The van der Waals surface area contributed by atoms with Gasteiger partial charge in [-0.15, -0.1) is 0 Å². The molecule has 1 saturated heterocycles. The Morgan fingerprint density at radius 2 is 1.89 bits per heavy atom. The van der Waals surface area contributed by atoms with E-state index in [9.17, 15) is 18.3 Å². The summed E-state index contributed by atoms with van der Waals surface area (Å²) in [5.41, 5.74) is -0.704. The smallest absolute Gasteiger partial charge is 0.309 e. The van der Waals surface area contributed by atoms with Gasteiger partial charge in [-0.1, -0.05) is 13.3 Å². The Balaban J connectivity index is 2.04. The summed E-state index contributed by atoms with van der Waals surface area (Å²) >= 11 is 0. The molecule has 0 aromatic rings. The van der Waals surface area contributed by atoms with Crippen LogP contribution in [0.1, 0.15) is 45.4 Å². The third-order valence-corrected chi connectivity index (χ3v) is 6.57. The van der Waals surface area contributed by atoms with Gasteiger partial charge in [0.1, 0.15) is 0 Å². The quantitative estimate of drug-likeness (QED) is 0.824. The molecule has 0 atom stereocenters. The van der Waals surface area contributed by atoms with Crippen LogP contribution in [0.3, 0.4) is 0 Å². The largest absolute Gasteiger partial charge is 0.481 e. The molecule has 0 radical (unpaired) electrons. The van der Waals surface area contributed by atoms with Gasteiger partial charge in [-0.2, -0.15) is 0 Å². The van der Waals surface area contributed by atoms with E-state index in [1.54, 1.807) is 0 Å². The van der Waals surface area contributed by atoms with Crippen molar-refractivity contribution in [2.24, 2.45) is 5.41 Å². The SMILES string of the molecule is CCCC1(C(=O)O)CCN(S(=O)(=O)C2CC2)CC1. The zero-order chi connectivity index (χ0) is 13.4. The van der Waals surface area contributed by atoms with Crippen LogP contribution in [0, 0.1) is 5.41 Å². The molecule has 1 aliphatic carbocycles. The topological polar surface area (TPSA) is 74.7 Å². The van der Waals surface area contributed by atoms with Gasteiger partial charge in [0.05, 0.1) is 10.7 Å². The molecule has 5 nitrogen and oxygen atoms in total. The predicted molar refractivity (Wildman–Crippen MR) is 67.7 cm³/mol. The highest BCUT2D eigenvalue weighted by molar-refractivity contribution is 7.90. The molecule has 0 spiro atoms. The van der Waals surface area contributed by atoms with Crippen molar-refractivity contribution in [3.63, 3.8) is 0 Å². The lowest BCUT2D eigenvalue weighted by Crippen LogP contribution is -2.47. The summed E-state index contributed by atoms with van der Waals surface area (Å²) in [5.74, 6) is -0.771. The van der Waals surface area contributed by atoms with Crippen molar-refractivity contribution in [1.82, 2.24) is 4.31 Å². The first-order valence-electron chi connectivity index (χ1n) is 6.65. The lowest BCUT2D eigenvalue weighted by Gasteiger charge is -2.38. The number of carboxylic acid groups (broad SMARTS) is 1. The van der Waals surface area contributed by atoms with Crippen LogP contribution in [-0.2, 0) is 14.8 Å². The maximum absolute atomic E-state index is 12.1. The van der Waals surface area contributed by atoms with E-state index in [1.807, 2.05) is 6.92 Å². The molecule has 104 valence electrons. The minimum Gasteiger partial charge on any atom is -0.481 e. The highest BCUT2D eigenvalue weighted by atomic mass is 32.2. The van der Waals surface area contributed by atoms with Crippen molar-refractivity contribution >= 4 is 16.0 Å². The maximum Gasteiger partial charge on any atom is 0.309 e. The molecular formula is C12H21NO4S. The monoisotopic (exact) mass is 275 g/mol. The Labute approximate surface area is 108 Å². The molecule has 0 bridgehead atoms. The number of sulfonamides is 1. The molecule has 0 aromatic heterocycles. The minimum atomic E-state index is -3.14. The number of carbonyl (C=O) groups is 1. The molecule has 2 aliphatic rings. The molecule has 1 N–H and O–H groups in total. The molecule has 1 heterocycles. The van der Waals surface area contributed by atoms with E-state index in [4.69, 9.17) is 0 Å². The van der Waals surface area contributed by atoms with Gasteiger partial charge in [0.15, 0.2) is 0 Å². The summed E-state index contributed by atoms with van der Waals surface area (Å²) in [7, 11) is -3.14. The van der Waals surface area contributed by atoms with Gasteiger partial charge in [0.25, 0.3) is 0 Å². The first-order chi connectivity index (χ1) is 8.42. The molecule has 6 heteroatoms. The molecule has 0 unspecified atom stereocenters. The number of hydrogen-bond acceptors (Lipinski definition) is 3. The highest BCUT2D eigenvalue weighted by Crippen LogP contribution is 2.39. The fourth-order valence-corrected chi connectivity index (χ4v) is 4.64. The molecule has 2 fully saturated rings. The predicted octanol–water partition coefficient (Wildman–Crippen LogP) is 1.45. The number of carboxylic acids is 1. The minimum absolute atomic E-state index is 0.194. The number of aliphatic carboxylic acids is 1. The van der Waals surface area contributed by atoms with Gasteiger partial charge in [0.2, 0.25) is 10.0 Å². The van der Waals surface area contributed by atoms with Crippen molar-refractivity contribution in [1.29, 1.82) is 0 Å². The Morgan fingerprint density at radius 1 is 1.33 bits per heavy atom. The summed E-state index contributed by atoms with van der Waals surface area (Å²) in [6, 6.07) is 0. The van der Waals surface area contributed by atoms with E-state index in [-0.39, 0.29) is 5.25 Å². The van der Waals surface area contributed by atoms with Crippen LogP contribution in [-0.4, -0.2) is 42.1 Å². The first-order valence-corrected chi connectivity index (χ1v) is 8.15. The van der Waals surface area contributed by atoms with Gasteiger partial charge in [-0.3, -0.25) is 4.79 Å². The van der Waals surface area contributed by atoms with Gasteiger partial charge in [-0.25, -0.2) is 12.7 Å². The summed E-state index contributed by atoms with van der Waals surface area (Å²) in [5, 5.41) is 9.17. The average molecular weight is 275 g/mol. The van der Waals surface area contributed by atoms with Crippen LogP contribution in [0.25, 0.3) is 0 Å².